The number of esters is 1. The number of halogens is 2. The van der Waals surface area contributed by atoms with Gasteiger partial charge in [0.05, 0.1) is 11.7 Å². The molecular weight excluding hydrogens is 235 g/mol. The first-order chi connectivity index (χ1) is 7.02. The van der Waals surface area contributed by atoms with Gasteiger partial charge in [0.25, 0.3) is 0 Å². The van der Waals surface area contributed by atoms with Crippen molar-refractivity contribution in [2.45, 2.75) is 26.4 Å². The Hall–Kier alpha value is -0.730. The third kappa shape index (κ3) is 3.73. The Balaban J connectivity index is 2.82. The summed E-state index contributed by atoms with van der Waals surface area (Å²) in [5.74, 6) is -0.395. The summed E-state index contributed by atoms with van der Waals surface area (Å²) >= 11 is 11.5. The lowest BCUT2D eigenvalue weighted by Crippen LogP contribution is -2.13. The zero-order valence-corrected chi connectivity index (χ0v) is 10.1. The third-order valence-electron chi connectivity index (χ3n) is 1.98. The van der Waals surface area contributed by atoms with E-state index in [1.165, 1.54) is 12.1 Å². The van der Waals surface area contributed by atoms with Gasteiger partial charge in [0, 0.05) is 10.0 Å². The molecule has 1 unspecified atom stereocenters. The highest BCUT2D eigenvalue weighted by Crippen LogP contribution is 2.20. The van der Waals surface area contributed by atoms with Gasteiger partial charge in [0.2, 0.25) is 0 Å². The Labute approximate surface area is 99.1 Å². The van der Waals surface area contributed by atoms with Gasteiger partial charge in [0.1, 0.15) is 0 Å². The standard InChI is InChI=1S/C11H12Cl2O2/c1-3-7(2)15-11(14)8-4-9(12)6-10(13)5-8/h4-7H,3H2,1-2H3. The molecule has 0 aromatic heterocycles. The molecule has 1 atom stereocenters. The van der Waals surface area contributed by atoms with Crippen molar-refractivity contribution in [2.75, 3.05) is 0 Å². The molecule has 0 aliphatic rings. The Bertz CT molecular complexity index is 343. The van der Waals surface area contributed by atoms with Crippen LogP contribution in [0.2, 0.25) is 10.0 Å². The number of hydrogen-bond acceptors (Lipinski definition) is 2. The van der Waals surface area contributed by atoms with Crippen molar-refractivity contribution in [3.05, 3.63) is 33.8 Å². The summed E-state index contributed by atoms with van der Waals surface area (Å²) in [6, 6.07) is 4.65. The molecule has 0 saturated carbocycles. The van der Waals surface area contributed by atoms with Crippen LogP contribution in [-0.4, -0.2) is 12.1 Å². The number of rotatable bonds is 3. The van der Waals surface area contributed by atoms with Gasteiger partial charge < -0.3 is 4.74 Å². The van der Waals surface area contributed by atoms with E-state index in [9.17, 15) is 4.79 Å². The summed E-state index contributed by atoms with van der Waals surface area (Å²) in [7, 11) is 0. The Morgan fingerprint density at radius 2 is 1.87 bits per heavy atom. The van der Waals surface area contributed by atoms with Crippen LogP contribution in [0.1, 0.15) is 30.6 Å². The summed E-state index contributed by atoms with van der Waals surface area (Å²) < 4.78 is 5.14. The fraction of sp³-hybridized carbons (Fsp3) is 0.364. The molecule has 0 saturated heterocycles. The minimum atomic E-state index is -0.395. The van der Waals surface area contributed by atoms with Crippen LogP contribution in [0.25, 0.3) is 0 Å². The lowest BCUT2D eigenvalue weighted by atomic mass is 10.2. The predicted molar refractivity (Wildman–Crippen MR) is 61.6 cm³/mol. The molecule has 0 aliphatic carbocycles. The highest BCUT2D eigenvalue weighted by molar-refractivity contribution is 6.35. The van der Waals surface area contributed by atoms with Crippen molar-refractivity contribution in [1.29, 1.82) is 0 Å². The number of benzene rings is 1. The molecule has 0 aliphatic heterocycles. The van der Waals surface area contributed by atoms with Crippen LogP contribution in [0.15, 0.2) is 18.2 Å². The van der Waals surface area contributed by atoms with E-state index < -0.39 is 5.97 Å². The first-order valence-electron chi connectivity index (χ1n) is 4.70. The molecule has 0 heterocycles. The van der Waals surface area contributed by atoms with E-state index in [0.717, 1.165) is 6.42 Å². The Kier molecular flexibility index (Phi) is 4.43. The highest BCUT2D eigenvalue weighted by atomic mass is 35.5. The second-order valence-corrected chi connectivity index (χ2v) is 4.16. The van der Waals surface area contributed by atoms with Crippen molar-refractivity contribution >= 4 is 29.2 Å². The number of hydrogen-bond donors (Lipinski definition) is 0. The monoisotopic (exact) mass is 246 g/mol. The molecule has 0 N–H and O–H groups in total. The molecule has 1 aromatic rings. The van der Waals surface area contributed by atoms with E-state index in [-0.39, 0.29) is 6.10 Å². The SMILES string of the molecule is CCC(C)OC(=O)c1cc(Cl)cc(Cl)c1. The molecule has 0 bridgehead atoms. The second kappa shape index (κ2) is 5.38. The normalized spacial score (nSPS) is 12.3. The van der Waals surface area contributed by atoms with Gasteiger partial charge in [-0.05, 0) is 31.5 Å². The van der Waals surface area contributed by atoms with Gasteiger partial charge in [-0.3, -0.25) is 0 Å². The van der Waals surface area contributed by atoms with Crippen LogP contribution in [0, 0.1) is 0 Å². The minimum Gasteiger partial charge on any atom is -0.459 e. The van der Waals surface area contributed by atoms with Crippen molar-refractivity contribution in [3.63, 3.8) is 0 Å². The second-order valence-electron chi connectivity index (χ2n) is 3.28. The summed E-state index contributed by atoms with van der Waals surface area (Å²) in [4.78, 5) is 11.6. The van der Waals surface area contributed by atoms with Gasteiger partial charge in [-0.2, -0.15) is 0 Å². The molecule has 15 heavy (non-hydrogen) atoms. The topological polar surface area (TPSA) is 26.3 Å². The lowest BCUT2D eigenvalue weighted by molar-refractivity contribution is 0.0334. The van der Waals surface area contributed by atoms with Crippen molar-refractivity contribution < 1.29 is 9.53 Å². The van der Waals surface area contributed by atoms with E-state index in [0.29, 0.717) is 15.6 Å². The van der Waals surface area contributed by atoms with Crippen LogP contribution in [0.3, 0.4) is 0 Å². The molecule has 1 rings (SSSR count). The largest absolute Gasteiger partial charge is 0.459 e. The fourth-order valence-corrected chi connectivity index (χ4v) is 1.53. The number of ether oxygens (including phenoxy) is 1. The average Bonchev–Trinajstić information content (AvgIpc) is 2.16. The van der Waals surface area contributed by atoms with Gasteiger partial charge in [0.15, 0.2) is 0 Å². The number of carbonyl (C=O) groups excluding carboxylic acids is 1. The molecule has 1 aromatic carbocycles. The lowest BCUT2D eigenvalue weighted by Gasteiger charge is -2.10. The van der Waals surface area contributed by atoms with Crippen LogP contribution in [0.4, 0.5) is 0 Å². The smallest absolute Gasteiger partial charge is 0.338 e. The van der Waals surface area contributed by atoms with Crippen LogP contribution < -0.4 is 0 Å². The van der Waals surface area contributed by atoms with E-state index >= 15 is 0 Å². The van der Waals surface area contributed by atoms with Crippen LogP contribution in [-0.2, 0) is 4.74 Å². The fourth-order valence-electron chi connectivity index (χ4n) is 1.01. The predicted octanol–water partition coefficient (Wildman–Crippen LogP) is 3.95. The molecule has 82 valence electrons. The van der Waals surface area contributed by atoms with E-state index in [1.54, 1.807) is 6.07 Å². The highest BCUT2D eigenvalue weighted by Gasteiger charge is 2.11. The zero-order valence-electron chi connectivity index (χ0n) is 8.59. The Morgan fingerprint density at radius 3 is 2.33 bits per heavy atom. The molecule has 2 nitrogen and oxygen atoms in total. The van der Waals surface area contributed by atoms with Crippen molar-refractivity contribution in [1.82, 2.24) is 0 Å². The van der Waals surface area contributed by atoms with Gasteiger partial charge in [-0.1, -0.05) is 30.1 Å². The number of carbonyl (C=O) groups is 1. The molecule has 0 radical (unpaired) electrons. The zero-order chi connectivity index (χ0) is 11.4. The van der Waals surface area contributed by atoms with E-state index in [4.69, 9.17) is 27.9 Å². The first-order valence-corrected chi connectivity index (χ1v) is 5.45. The molecular formula is C11H12Cl2O2. The summed E-state index contributed by atoms with van der Waals surface area (Å²) in [5.41, 5.74) is 0.382. The maximum absolute atomic E-state index is 11.6. The molecule has 0 amide bonds. The van der Waals surface area contributed by atoms with E-state index in [2.05, 4.69) is 0 Å². The Morgan fingerprint density at radius 1 is 1.33 bits per heavy atom. The maximum atomic E-state index is 11.6. The van der Waals surface area contributed by atoms with Gasteiger partial charge >= 0.3 is 5.97 Å². The van der Waals surface area contributed by atoms with Gasteiger partial charge in [-0.25, -0.2) is 4.79 Å². The van der Waals surface area contributed by atoms with Crippen LogP contribution in [0.5, 0.6) is 0 Å². The van der Waals surface area contributed by atoms with Crippen molar-refractivity contribution in [3.8, 4) is 0 Å². The molecule has 0 fully saturated rings. The van der Waals surface area contributed by atoms with Crippen LogP contribution >= 0.6 is 23.2 Å². The van der Waals surface area contributed by atoms with E-state index in [1.807, 2.05) is 13.8 Å². The van der Waals surface area contributed by atoms with Crippen molar-refractivity contribution in [2.24, 2.45) is 0 Å². The minimum absolute atomic E-state index is 0.102. The maximum Gasteiger partial charge on any atom is 0.338 e. The third-order valence-corrected chi connectivity index (χ3v) is 2.42. The molecule has 4 heteroatoms. The quantitative estimate of drug-likeness (QED) is 0.756. The summed E-state index contributed by atoms with van der Waals surface area (Å²) in [6.07, 6.45) is 0.676. The van der Waals surface area contributed by atoms with Gasteiger partial charge in [-0.15, -0.1) is 0 Å². The first kappa shape index (κ1) is 12.3. The summed E-state index contributed by atoms with van der Waals surface area (Å²) in [6.45, 7) is 3.78. The summed E-state index contributed by atoms with van der Waals surface area (Å²) in [5, 5.41) is 0.859. The molecule has 0 spiro atoms. The average molecular weight is 247 g/mol.